The number of thiophene rings is 1. The first-order valence-electron chi connectivity index (χ1n) is 2.66. The number of methoxy groups -OCH3 is 1. The molecule has 1 nitrogen and oxygen atoms in total. The van der Waals surface area contributed by atoms with Crippen LogP contribution in [0.5, 0.6) is 5.06 Å². The molecule has 1 rings (SSSR count). The summed E-state index contributed by atoms with van der Waals surface area (Å²) < 4.78 is 40.4. The van der Waals surface area contributed by atoms with E-state index in [1.165, 1.54) is 12.5 Å². The minimum absolute atomic E-state index is 0.141. The first kappa shape index (κ1) is 8.39. The van der Waals surface area contributed by atoms with Crippen molar-refractivity contribution in [3.8, 4) is 5.06 Å². The highest BCUT2D eigenvalue weighted by atomic mass is 32.1. The summed E-state index contributed by atoms with van der Waals surface area (Å²) in [5.41, 5.74) is -0.829. The van der Waals surface area contributed by atoms with Crippen LogP contribution in [0.1, 0.15) is 5.56 Å². The van der Waals surface area contributed by atoms with Crippen molar-refractivity contribution in [3.63, 3.8) is 0 Å². The summed E-state index contributed by atoms with van der Waals surface area (Å²) >= 11 is 0.879. The van der Waals surface area contributed by atoms with Crippen molar-refractivity contribution in [2.45, 2.75) is 6.18 Å². The van der Waals surface area contributed by atoms with Gasteiger partial charge in [-0.05, 0) is 0 Å². The van der Waals surface area contributed by atoms with Crippen LogP contribution in [0.3, 0.4) is 0 Å². The van der Waals surface area contributed by atoms with Gasteiger partial charge in [0.1, 0.15) is 5.56 Å². The smallest absolute Gasteiger partial charge is 0.421 e. The highest BCUT2D eigenvalue weighted by Crippen LogP contribution is 2.38. The third kappa shape index (κ3) is 1.65. The van der Waals surface area contributed by atoms with Gasteiger partial charge >= 0.3 is 6.18 Å². The van der Waals surface area contributed by atoms with Crippen LogP contribution in [0, 0.1) is 6.07 Å². The van der Waals surface area contributed by atoms with Gasteiger partial charge in [0.15, 0.2) is 5.06 Å². The Morgan fingerprint density at radius 1 is 1.55 bits per heavy atom. The van der Waals surface area contributed by atoms with E-state index in [2.05, 4.69) is 10.8 Å². The fourth-order valence-electron chi connectivity index (χ4n) is 0.607. The first-order valence-corrected chi connectivity index (χ1v) is 3.54. The molecule has 1 aromatic rings. The van der Waals surface area contributed by atoms with Crippen LogP contribution in [-0.2, 0) is 6.18 Å². The summed E-state index contributed by atoms with van der Waals surface area (Å²) in [6.07, 6.45) is -4.36. The molecule has 0 amide bonds. The first-order chi connectivity index (χ1) is 5.05. The van der Waals surface area contributed by atoms with Crippen LogP contribution in [0.4, 0.5) is 13.2 Å². The summed E-state index contributed by atoms with van der Waals surface area (Å²) in [5, 5.41) is 1.08. The molecular weight excluding hydrogens is 177 g/mol. The van der Waals surface area contributed by atoms with E-state index in [1.54, 1.807) is 0 Å². The van der Waals surface area contributed by atoms with Crippen LogP contribution >= 0.6 is 11.3 Å². The highest BCUT2D eigenvalue weighted by molar-refractivity contribution is 7.12. The molecule has 1 aromatic heterocycles. The predicted octanol–water partition coefficient (Wildman–Crippen LogP) is 2.58. The van der Waals surface area contributed by atoms with Gasteiger partial charge in [0.05, 0.1) is 7.11 Å². The van der Waals surface area contributed by atoms with Gasteiger partial charge in [0.2, 0.25) is 0 Å². The van der Waals surface area contributed by atoms with E-state index >= 15 is 0 Å². The molecule has 0 aliphatic carbocycles. The van der Waals surface area contributed by atoms with E-state index < -0.39 is 11.7 Å². The van der Waals surface area contributed by atoms with Crippen molar-refractivity contribution in [2.75, 3.05) is 7.11 Å². The van der Waals surface area contributed by atoms with Crippen molar-refractivity contribution in [2.24, 2.45) is 0 Å². The molecule has 0 saturated carbocycles. The van der Waals surface area contributed by atoms with Crippen LogP contribution < -0.4 is 4.74 Å². The summed E-state index contributed by atoms with van der Waals surface area (Å²) in [7, 11) is 1.20. The SMILES string of the molecule is COc1sc[c]c1C(F)(F)F. The lowest BCUT2D eigenvalue weighted by atomic mass is 10.3. The zero-order chi connectivity index (χ0) is 8.48. The Labute approximate surface area is 65.4 Å². The van der Waals surface area contributed by atoms with Gasteiger partial charge in [-0.15, -0.1) is 11.3 Å². The third-order valence-corrected chi connectivity index (χ3v) is 1.86. The molecule has 0 spiro atoms. The molecule has 0 fully saturated rings. The fraction of sp³-hybridized carbons (Fsp3) is 0.333. The van der Waals surface area contributed by atoms with E-state index in [4.69, 9.17) is 0 Å². The van der Waals surface area contributed by atoms with Crippen LogP contribution in [-0.4, -0.2) is 7.11 Å². The van der Waals surface area contributed by atoms with E-state index in [0.29, 0.717) is 0 Å². The lowest BCUT2D eigenvalue weighted by molar-refractivity contribution is -0.138. The largest absolute Gasteiger partial charge is 0.487 e. The van der Waals surface area contributed by atoms with E-state index in [9.17, 15) is 13.2 Å². The normalized spacial score (nSPS) is 11.6. The zero-order valence-corrected chi connectivity index (χ0v) is 6.34. The molecule has 61 valence electrons. The molecule has 5 heteroatoms. The van der Waals surface area contributed by atoms with Crippen molar-refractivity contribution < 1.29 is 17.9 Å². The van der Waals surface area contributed by atoms with Gasteiger partial charge in [-0.1, -0.05) is 0 Å². The predicted molar refractivity (Wildman–Crippen MR) is 34.7 cm³/mol. The molecule has 0 atom stereocenters. The zero-order valence-electron chi connectivity index (χ0n) is 5.53. The Balaban J connectivity index is 3.02. The maximum Gasteiger partial charge on any atom is 0.421 e. The quantitative estimate of drug-likeness (QED) is 0.647. The average molecular weight is 181 g/mol. The number of ether oxygens (including phenoxy) is 1. The van der Waals surface area contributed by atoms with Crippen LogP contribution in [0.25, 0.3) is 0 Å². The monoisotopic (exact) mass is 181 g/mol. The highest BCUT2D eigenvalue weighted by Gasteiger charge is 2.35. The fourth-order valence-corrected chi connectivity index (χ4v) is 1.28. The Kier molecular flexibility index (Phi) is 2.08. The molecule has 1 heterocycles. The van der Waals surface area contributed by atoms with Crippen LogP contribution in [0.15, 0.2) is 5.38 Å². The average Bonchev–Trinajstić information content (AvgIpc) is 2.31. The van der Waals surface area contributed by atoms with Gasteiger partial charge in [0, 0.05) is 11.4 Å². The molecule has 0 N–H and O–H groups in total. The van der Waals surface area contributed by atoms with Crippen molar-refractivity contribution in [3.05, 3.63) is 17.0 Å². The lowest BCUT2D eigenvalue weighted by Crippen LogP contribution is -2.04. The van der Waals surface area contributed by atoms with E-state index in [1.807, 2.05) is 0 Å². The Bertz CT molecular complexity index is 240. The molecule has 0 aliphatic rings. The number of hydrogen-bond acceptors (Lipinski definition) is 2. The molecule has 11 heavy (non-hydrogen) atoms. The molecule has 0 aromatic carbocycles. The van der Waals surface area contributed by atoms with E-state index in [0.717, 1.165) is 11.3 Å². The van der Waals surface area contributed by atoms with Gasteiger partial charge in [-0.2, -0.15) is 13.2 Å². The number of rotatable bonds is 1. The maximum atomic E-state index is 12.0. The third-order valence-electron chi connectivity index (χ3n) is 1.04. The summed E-state index contributed by atoms with van der Waals surface area (Å²) in [5.74, 6) is 0. The molecule has 1 radical (unpaired) electrons. The minimum Gasteiger partial charge on any atom is -0.487 e. The van der Waals surface area contributed by atoms with E-state index in [-0.39, 0.29) is 5.06 Å². The lowest BCUT2D eigenvalue weighted by Gasteiger charge is -2.04. The second-order valence-electron chi connectivity index (χ2n) is 1.74. The van der Waals surface area contributed by atoms with Crippen molar-refractivity contribution >= 4 is 11.3 Å². The number of alkyl halides is 3. The number of hydrogen-bond donors (Lipinski definition) is 0. The molecule has 0 bridgehead atoms. The number of halogens is 3. The minimum atomic E-state index is -4.36. The Morgan fingerprint density at radius 2 is 2.18 bits per heavy atom. The molecular formula is C6H4F3OS. The van der Waals surface area contributed by atoms with Crippen LogP contribution in [0.2, 0.25) is 0 Å². The second-order valence-corrected chi connectivity index (χ2v) is 2.59. The van der Waals surface area contributed by atoms with Gasteiger partial charge < -0.3 is 4.74 Å². The Morgan fingerprint density at radius 3 is 2.55 bits per heavy atom. The molecule has 0 saturated heterocycles. The van der Waals surface area contributed by atoms with Crippen molar-refractivity contribution in [1.82, 2.24) is 0 Å². The maximum absolute atomic E-state index is 12.0. The molecule has 0 unspecified atom stereocenters. The summed E-state index contributed by atoms with van der Waals surface area (Å²) in [6, 6.07) is 2.07. The van der Waals surface area contributed by atoms with Gasteiger partial charge in [-0.25, -0.2) is 0 Å². The van der Waals surface area contributed by atoms with Gasteiger partial charge in [0.25, 0.3) is 0 Å². The topological polar surface area (TPSA) is 9.23 Å². The molecule has 0 aliphatic heterocycles. The standard InChI is InChI=1S/C6H4F3OS/c1-10-5-4(2-3-11-5)6(7,8)9/h3H,1H3. The Hall–Kier alpha value is -0.710. The van der Waals surface area contributed by atoms with Gasteiger partial charge in [-0.3, -0.25) is 0 Å². The summed E-state index contributed by atoms with van der Waals surface area (Å²) in [4.78, 5) is 0. The second kappa shape index (κ2) is 2.73. The van der Waals surface area contributed by atoms with Crippen molar-refractivity contribution in [1.29, 1.82) is 0 Å². The summed E-state index contributed by atoms with van der Waals surface area (Å²) in [6.45, 7) is 0.